The Kier molecular flexibility index (Phi) is 4.29. The van der Waals surface area contributed by atoms with Crippen LogP contribution in [-0.4, -0.2) is 26.3 Å². The van der Waals surface area contributed by atoms with Crippen LogP contribution in [0.25, 0.3) is 33.4 Å². The maximum atomic E-state index is 13.1. The molecule has 0 aliphatic rings. The number of aryl methyl sites for hydroxylation is 1. The summed E-state index contributed by atoms with van der Waals surface area (Å²) in [6.45, 7) is 1.94. The van der Waals surface area contributed by atoms with Crippen molar-refractivity contribution >= 4 is 28.2 Å². The highest BCUT2D eigenvalue weighted by Gasteiger charge is 2.16. The van der Waals surface area contributed by atoms with Crippen LogP contribution >= 0.6 is 11.6 Å². The van der Waals surface area contributed by atoms with Crippen LogP contribution < -0.4 is 10.3 Å². The fourth-order valence-electron chi connectivity index (χ4n) is 3.70. The van der Waals surface area contributed by atoms with E-state index >= 15 is 0 Å². The van der Waals surface area contributed by atoms with Gasteiger partial charge in [0.1, 0.15) is 5.75 Å². The normalized spacial score (nSPS) is 11.3. The lowest BCUT2D eigenvalue weighted by Crippen LogP contribution is -2.18. The van der Waals surface area contributed by atoms with Crippen molar-refractivity contribution in [1.29, 1.82) is 0 Å². The van der Waals surface area contributed by atoms with Gasteiger partial charge >= 0.3 is 0 Å². The van der Waals surface area contributed by atoms with Gasteiger partial charge in [0, 0.05) is 23.0 Å². The second-order valence-corrected chi connectivity index (χ2v) is 7.39. The van der Waals surface area contributed by atoms with Crippen molar-refractivity contribution in [1.82, 2.24) is 19.2 Å². The van der Waals surface area contributed by atoms with Crippen LogP contribution in [0.3, 0.4) is 0 Å². The molecule has 7 heteroatoms. The lowest BCUT2D eigenvalue weighted by molar-refractivity contribution is 0.415. The van der Waals surface area contributed by atoms with Crippen LogP contribution in [0.5, 0.6) is 5.75 Å². The van der Waals surface area contributed by atoms with Gasteiger partial charge in [0.2, 0.25) is 0 Å². The minimum atomic E-state index is -0.177. The van der Waals surface area contributed by atoms with Crippen molar-refractivity contribution in [2.75, 3.05) is 7.11 Å². The highest BCUT2D eigenvalue weighted by atomic mass is 35.5. The van der Waals surface area contributed by atoms with Crippen molar-refractivity contribution in [3.05, 3.63) is 88.1 Å². The lowest BCUT2D eigenvalue weighted by Gasteiger charge is -2.08. The number of fused-ring (bicyclic) bond motifs is 3. The van der Waals surface area contributed by atoms with E-state index in [1.807, 2.05) is 49.4 Å². The van der Waals surface area contributed by atoms with Gasteiger partial charge in [-0.15, -0.1) is 0 Å². The van der Waals surface area contributed by atoms with Gasteiger partial charge in [-0.05, 0) is 48.9 Å². The minimum Gasteiger partial charge on any atom is -0.497 e. The summed E-state index contributed by atoms with van der Waals surface area (Å²) in [5.74, 6) is 0.785. The maximum Gasteiger partial charge on any atom is 0.266 e. The first kappa shape index (κ1) is 18.4. The largest absolute Gasteiger partial charge is 0.497 e. The van der Waals surface area contributed by atoms with Gasteiger partial charge < -0.3 is 4.74 Å². The minimum absolute atomic E-state index is 0.177. The van der Waals surface area contributed by atoms with Crippen molar-refractivity contribution in [3.63, 3.8) is 0 Å². The maximum absolute atomic E-state index is 13.1. The van der Waals surface area contributed by atoms with Gasteiger partial charge in [-0.25, -0.2) is 9.50 Å². The van der Waals surface area contributed by atoms with Gasteiger partial charge in [0.25, 0.3) is 5.56 Å². The third-order valence-corrected chi connectivity index (χ3v) is 5.39. The van der Waals surface area contributed by atoms with Gasteiger partial charge in [0.05, 0.1) is 29.4 Å². The van der Waals surface area contributed by atoms with E-state index in [9.17, 15) is 4.79 Å². The van der Waals surface area contributed by atoms with Gasteiger partial charge in [-0.3, -0.25) is 9.36 Å². The van der Waals surface area contributed by atoms with Crippen LogP contribution in [0, 0.1) is 6.92 Å². The molecule has 0 saturated carbocycles. The van der Waals surface area contributed by atoms with Crippen molar-refractivity contribution in [2.24, 2.45) is 0 Å². The first-order chi connectivity index (χ1) is 14.6. The summed E-state index contributed by atoms with van der Waals surface area (Å²) in [5.41, 5.74) is 4.67. The van der Waals surface area contributed by atoms with E-state index in [2.05, 4.69) is 10.1 Å². The molecule has 6 nitrogen and oxygen atoms in total. The highest BCUT2D eigenvalue weighted by Crippen LogP contribution is 2.30. The van der Waals surface area contributed by atoms with Gasteiger partial charge in [0.15, 0.2) is 5.65 Å². The first-order valence-electron chi connectivity index (χ1n) is 9.37. The predicted octanol–water partition coefficient (Wildman–Crippen LogP) is 4.67. The molecular formula is C23H17ClN4O2. The molecule has 3 heterocycles. The first-order valence-corrected chi connectivity index (χ1v) is 9.74. The number of rotatable bonds is 3. The molecule has 3 aromatic heterocycles. The zero-order chi connectivity index (χ0) is 20.8. The molecule has 0 fully saturated rings. The van der Waals surface area contributed by atoms with Crippen LogP contribution in [0.2, 0.25) is 5.02 Å². The monoisotopic (exact) mass is 416 g/mol. The summed E-state index contributed by atoms with van der Waals surface area (Å²) in [5, 5.41) is 5.72. The molecule has 0 aliphatic heterocycles. The molecule has 0 saturated heterocycles. The highest BCUT2D eigenvalue weighted by molar-refractivity contribution is 6.30. The van der Waals surface area contributed by atoms with Crippen molar-refractivity contribution < 1.29 is 4.74 Å². The Balaban J connectivity index is 1.73. The van der Waals surface area contributed by atoms with E-state index in [0.29, 0.717) is 27.3 Å². The second kappa shape index (κ2) is 7.00. The summed E-state index contributed by atoms with van der Waals surface area (Å²) in [6.07, 6.45) is 3.35. The van der Waals surface area contributed by atoms with Crippen LogP contribution in [0.4, 0.5) is 0 Å². The number of aromatic nitrogens is 4. The van der Waals surface area contributed by atoms with Crippen molar-refractivity contribution in [2.45, 2.75) is 6.92 Å². The van der Waals surface area contributed by atoms with E-state index in [0.717, 1.165) is 22.6 Å². The molecule has 30 heavy (non-hydrogen) atoms. The van der Waals surface area contributed by atoms with Gasteiger partial charge in [-0.2, -0.15) is 5.10 Å². The lowest BCUT2D eigenvalue weighted by atomic mass is 10.1. The molecule has 0 bridgehead atoms. The summed E-state index contributed by atoms with van der Waals surface area (Å²) in [4.78, 5) is 17.7. The predicted molar refractivity (Wildman–Crippen MR) is 118 cm³/mol. The Morgan fingerprint density at radius 3 is 2.60 bits per heavy atom. The number of hydrogen-bond acceptors (Lipinski definition) is 4. The van der Waals surface area contributed by atoms with E-state index in [4.69, 9.17) is 16.3 Å². The Morgan fingerprint density at radius 1 is 1.07 bits per heavy atom. The number of hydrogen-bond donors (Lipinski definition) is 0. The second-order valence-electron chi connectivity index (χ2n) is 6.95. The molecule has 0 amide bonds. The molecule has 0 radical (unpaired) electrons. The molecule has 0 spiro atoms. The molecular weight excluding hydrogens is 400 g/mol. The summed E-state index contributed by atoms with van der Waals surface area (Å²) in [6, 6.07) is 16.8. The molecule has 0 aliphatic carbocycles. The number of methoxy groups -OCH3 is 1. The quantitative estimate of drug-likeness (QED) is 0.428. The Morgan fingerprint density at radius 2 is 1.87 bits per heavy atom. The third-order valence-electron chi connectivity index (χ3n) is 5.15. The average Bonchev–Trinajstić information content (AvgIpc) is 3.10. The Hall–Kier alpha value is -3.64. The molecule has 0 unspecified atom stereocenters. The Labute approximate surface area is 176 Å². The molecule has 5 rings (SSSR count). The number of ether oxygens (including phenoxy) is 1. The molecule has 5 aromatic rings. The molecule has 2 aromatic carbocycles. The Bertz CT molecular complexity index is 1470. The summed E-state index contributed by atoms with van der Waals surface area (Å²) < 4.78 is 8.54. The smallest absolute Gasteiger partial charge is 0.266 e. The zero-order valence-electron chi connectivity index (χ0n) is 16.3. The summed E-state index contributed by atoms with van der Waals surface area (Å²) >= 11 is 6.09. The number of halogens is 1. The standard InChI is InChI=1S/C23H17ClN4O2/c1-14-21(15-6-8-18(30-2)9-7-15)22-25-13-19-20(28(22)26-14)10-11-27(23(19)29)17-5-3-4-16(24)12-17/h3-13H,1-2H3. The summed E-state index contributed by atoms with van der Waals surface area (Å²) in [7, 11) is 1.64. The van der Waals surface area contributed by atoms with Crippen molar-refractivity contribution in [3.8, 4) is 22.6 Å². The zero-order valence-corrected chi connectivity index (χ0v) is 17.1. The fraction of sp³-hybridized carbons (Fsp3) is 0.0870. The van der Waals surface area contributed by atoms with Gasteiger partial charge in [-0.1, -0.05) is 29.8 Å². The van der Waals surface area contributed by atoms with E-state index < -0.39 is 0 Å². The third kappa shape index (κ3) is 2.84. The van der Waals surface area contributed by atoms with E-state index in [1.54, 1.807) is 40.7 Å². The number of benzene rings is 2. The number of pyridine rings is 1. The van der Waals surface area contributed by atoms with Crippen LogP contribution in [0.15, 0.2) is 71.8 Å². The number of nitrogens with zero attached hydrogens (tertiary/aromatic N) is 4. The van der Waals surface area contributed by atoms with Crippen LogP contribution in [0.1, 0.15) is 5.69 Å². The van der Waals surface area contributed by atoms with Crippen LogP contribution in [-0.2, 0) is 0 Å². The molecule has 0 atom stereocenters. The molecule has 0 N–H and O–H groups in total. The van der Waals surface area contributed by atoms with E-state index in [1.165, 1.54) is 0 Å². The SMILES string of the molecule is COc1ccc(-c2c(C)nn3c2ncc2c(=O)n(-c4cccc(Cl)c4)ccc23)cc1. The topological polar surface area (TPSA) is 61.4 Å². The average molecular weight is 417 g/mol. The van der Waals surface area contributed by atoms with E-state index in [-0.39, 0.29) is 5.56 Å². The molecule has 148 valence electrons. The fourth-order valence-corrected chi connectivity index (χ4v) is 3.89.